The average Bonchev–Trinajstić information content (AvgIpc) is 2.96. The van der Waals surface area contributed by atoms with Gasteiger partial charge in [0.05, 0.1) is 23.3 Å². The van der Waals surface area contributed by atoms with Crippen molar-refractivity contribution in [3.63, 3.8) is 0 Å². The Morgan fingerprint density at radius 3 is 2.69 bits per heavy atom. The van der Waals surface area contributed by atoms with Gasteiger partial charge in [-0.15, -0.1) is 12.4 Å². The van der Waals surface area contributed by atoms with Crippen molar-refractivity contribution >= 4 is 29.9 Å². The molecule has 26 heavy (non-hydrogen) atoms. The Morgan fingerprint density at radius 2 is 2.08 bits per heavy atom. The minimum Gasteiger partial charge on any atom is -0.329 e. The molecule has 1 aliphatic rings. The fraction of sp³-hybridized carbons (Fsp3) is 0.474. The average molecular weight is 397 g/mol. The number of hydrogen-bond acceptors (Lipinski definition) is 3. The molecule has 0 spiro atoms. The lowest BCUT2D eigenvalue weighted by atomic mass is 10.0. The molecule has 142 valence electrons. The molecule has 1 saturated heterocycles. The van der Waals surface area contributed by atoms with Crippen LogP contribution in [-0.2, 0) is 5.54 Å². The monoisotopic (exact) mass is 396 g/mol. The SMILES string of the molecule is Cc1c(C(=O)N2CCNCC2c2cccc(Cl)c2)cnn1C(C)(C)C.Cl. The number of carbonyl (C=O) groups excluding carboxylic acids is 1. The molecule has 1 aliphatic heterocycles. The van der Waals surface area contributed by atoms with Gasteiger partial charge in [0, 0.05) is 30.4 Å². The molecule has 3 rings (SSSR count). The van der Waals surface area contributed by atoms with Crippen LogP contribution in [0.2, 0.25) is 5.02 Å². The first kappa shape index (κ1) is 20.7. The van der Waals surface area contributed by atoms with Crippen molar-refractivity contribution in [2.24, 2.45) is 0 Å². The highest BCUT2D eigenvalue weighted by atomic mass is 35.5. The predicted molar refractivity (Wildman–Crippen MR) is 107 cm³/mol. The van der Waals surface area contributed by atoms with Crippen molar-refractivity contribution < 1.29 is 4.79 Å². The van der Waals surface area contributed by atoms with Gasteiger partial charge in [-0.25, -0.2) is 0 Å². The second kappa shape index (κ2) is 7.99. The van der Waals surface area contributed by atoms with E-state index < -0.39 is 0 Å². The summed E-state index contributed by atoms with van der Waals surface area (Å²) < 4.78 is 1.91. The minimum absolute atomic E-state index is 0. The van der Waals surface area contributed by atoms with Crippen LogP contribution in [0, 0.1) is 6.92 Å². The summed E-state index contributed by atoms with van der Waals surface area (Å²) in [6, 6.07) is 7.71. The molecule has 1 unspecified atom stereocenters. The maximum absolute atomic E-state index is 13.2. The molecule has 1 N–H and O–H groups in total. The van der Waals surface area contributed by atoms with Crippen LogP contribution in [-0.4, -0.2) is 40.2 Å². The van der Waals surface area contributed by atoms with E-state index in [2.05, 4.69) is 31.2 Å². The summed E-state index contributed by atoms with van der Waals surface area (Å²) in [6.07, 6.45) is 1.69. The van der Waals surface area contributed by atoms with Gasteiger partial charge in [0.15, 0.2) is 0 Å². The van der Waals surface area contributed by atoms with Crippen LogP contribution in [0.25, 0.3) is 0 Å². The largest absolute Gasteiger partial charge is 0.329 e. The van der Waals surface area contributed by atoms with Crippen molar-refractivity contribution in [1.29, 1.82) is 0 Å². The quantitative estimate of drug-likeness (QED) is 0.839. The number of piperazine rings is 1. The number of nitrogens with one attached hydrogen (secondary N) is 1. The number of carbonyl (C=O) groups is 1. The third-order valence-corrected chi connectivity index (χ3v) is 4.85. The van der Waals surface area contributed by atoms with Crippen LogP contribution in [0.4, 0.5) is 0 Å². The Kier molecular flexibility index (Phi) is 6.37. The highest BCUT2D eigenvalue weighted by molar-refractivity contribution is 6.30. The Morgan fingerprint density at radius 1 is 1.35 bits per heavy atom. The third kappa shape index (κ3) is 4.05. The molecular weight excluding hydrogens is 371 g/mol. The van der Waals surface area contributed by atoms with E-state index in [9.17, 15) is 4.79 Å². The number of amides is 1. The van der Waals surface area contributed by atoms with Gasteiger partial charge in [-0.05, 0) is 45.4 Å². The molecule has 5 nitrogen and oxygen atoms in total. The number of aromatic nitrogens is 2. The Hall–Kier alpha value is -1.56. The Balaban J connectivity index is 0.00000243. The molecule has 0 bridgehead atoms. The van der Waals surface area contributed by atoms with E-state index in [1.165, 1.54) is 0 Å². The molecule has 7 heteroatoms. The molecule has 1 aromatic heterocycles. The zero-order valence-corrected chi connectivity index (χ0v) is 17.2. The number of hydrogen-bond donors (Lipinski definition) is 1. The van der Waals surface area contributed by atoms with Crippen LogP contribution in [0.5, 0.6) is 0 Å². The van der Waals surface area contributed by atoms with Gasteiger partial charge in [0.25, 0.3) is 5.91 Å². The molecule has 2 aromatic rings. The van der Waals surface area contributed by atoms with Gasteiger partial charge in [-0.2, -0.15) is 5.10 Å². The normalized spacial score (nSPS) is 17.7. The van der Waals surface area contributed by atoms with Gasteiger partial charge in [0.1, 0.15) is 0 Å². The highest BCUT2D eigenvalue weighted by Crippen LogP contribution is 2.27. The van der Waals surface area contributed by atoms with Gasteiger partial charge in [0.2, 0.25) is 0 Å². The Bertz CT molecular complexity index is 782. The van der Waals surface area contributed by atoms with Crippen LogP contribution < -0.4 is 5.32 Å². The zero-order chi connectivity index (χ0) is 18.2. The number of halogens is 2. The van der Waals surface area contributed by atoms with Crippen molar-refractivity contribution in [3.8, 4) is 0 Å². The molecule has 1 fully saturated rings. The number of rotatable bonds is 2. The van der Waals surface area contributed by atoms with Gasteiger partial charge in [-0.3, -0.25) is 9.48 Å². The topological polar surface area (TPSA) is 50.2 Å². The fourth-order valence-electron chi connectivity index (χ4n) is 3.41. The first-order valence-corrected chi connectivity index (χ1v) is 8.99. The summed E-state index contributed by atoms with van der Waals surface area (Å²) in [7, 11) is 0. The molecule has 1 amide bonds. The summed E-state index contributed by atoms with van der Waals surface area (Å²) in [5, 5.41) is 8.51. The van der Waals surface area contributed by atoms with Crippen molar-refractivity contribution in [2.75, 3.05) is 19.6 Å². The molecule has 0 radical (unpaired) electrons. The van der Waals surface area contributed by atoms with Crippen LogP contribution in [0.3, 0.4) is 0 Å². The van der Waals surface area contributed by atoms with Crippen LogP contribution >= 0.6 is 24.0 Å². The molecule has 1 aromatic carbocycles. The maximum Gasteiger partial charge on any atom is 0.257 e. The second-order valence-electron chi connectivity index (χ2n) is 7.50. The standard InChI is InChI=1S/C19H25ClN4O.ClH/c1-13-16(11-22-24(13)19(2,3)4)18(25)23-9-8-21-12-17(23)14-6-5-7-15(20)10-14;/h5-7,10-11,17,21H,8-9,12H2,1-4H3;1H. The summed E-state index contributed by atoms with van der Waals surface area (Å²) >= 11 is 6.15. The molecule has 0 saturated carbocycles. The van der Waals surface area contributed by atoms with Crippen LogP contribution in [0.1, 0.15) is 48.4 Å². The predicted octanol–water partition coefficient (Wildman–Crippen LogP) is 3.81. The van der Waals surface area contributed by atoms with Crippen molar-refractivity contribution in [1.82, 2.24) is 20.0 Å². The number of benzene rings is 1. The summed E-state index contributed by atoms with van der Waals surface area (Å²) in [5.41, 5.74) is 2.47. The van der Waals surface area contributed by atoms with E-state index >= 15 is 0 Å². The van der Waals surface area contributed by atoms with Gasteiger partial charge < -0.3 is 10.2 Å². The highest BCUT2D eigenvalue weighted by Gasteiger charge is 2.31. The van der Waals surface area contributed by atoms with Gasteiger partial charge >= 0.3 is 0 Å². The first-order chi connectivity index (χ1) is 11.8. The summed E-state index contributed by atoms with van der Waals surface area (Å²) in [5.74, 6) is 0.0273. The van der Waals surface area contributed by atoms with Crippen molar-refractivity contribution in [2.45, 2.75) is 39.3 Å². The Labute approximate surface area is 166 Å². The zero-order valence-electron chi connectivity index (χ0n) is 15.6. The fourth-order valence-corrected chi connectivity index (χ4v) is 3.61. The second-order valence-corrected chi connectivity index (χ2v) is 7.94. The van der Waals surface area contributed by atoms with E-state index in [0.29, 0.717) is 17.1 Å². The molecule has 0 aliphatic carbocycles. The van der Waals surface area contributed by atoms with E-state index in [1.807, 2.05) is 40.8 Å². The lowest BCUT2D eigenvalue weighted by Gasteiger charge is -2.36. The molecular formula is C19H26Cl2N4O. The van der Waals surface area contributed by atoms with Gasteiger partial charge in [-0.1, -0.05) is 23.7 Å². The number of nitrogens with zero attached hydrogens (tertiary/aromatic N) is 3. The molecule has 1 atom stereocenters. The van der Waals surface area contributed by atoms with E-state index in [1.54, 1.807) is 6.20 Å². The first-order valence-electron chi connectivity index (χ1n) is 8.61. The molecule has 2 heterocycles. The lowest BCUT2D eigenvalue weighted by Crippen LogP contribution is -2.48. The summed E-state index contributed by atoms with van der Waals surface area (Å²) in [4.78, 5) is 15.2. The van der Waals surface area contributed by atoms with E-state index in [0.717, 1.165) is 24.3 Å². The van der Waals surface area contributed by atoms with Crippen LogP contribution in [0.15, 0.2) is 30.5 Å². The van der Waals surface area contributed by atoms with E-state index in [4.69, 9.17) is 11.6 Å². The maximum atomic E-state index is 13.2. The smallest absolute Gasteiger partial charge is 0.257 e. The lowest BCUT2D eigenvalue weighted by molar-refractivity contribution is 0.0633. The summed E-state index contributed by atoms with van der Waals surface area (Å²) in [6.45, 7) is 10.4. The minimum atomic E-state index is -0.154. The third-order valence-electron chi connectivity index (χ3n) is 4.61. The van der Waals surface area contributed by atoms with Crippen molar-refractivity contribution in [3.05, 3.63) is 52.3 Å². The van der Waals surface area contributed by atoms with E-state index in [-0.39, 0.29) is 29.9 Å².